The number of rotatable bonds is 5. The topological polar surface area (TPSA) is 78.6 Å². The van der Waals surface area contributed by atoms with Crippen LogP contribution in [0, 0.1) is 5.92 Å². The van der Waals surface area contributed by atoms with Crippen molar-refractivity contribution in [2.24, 2.45) is 5.92 Å². The molecule has 2 aliphatic heterocycles. The Kier molecular flexibility index (Phi) is 4.55. The van der Waals surface area contributed by atoms with Gasteiger partial charge in [-0.3, -0.25) is 19.1 Å². The van der Waals surface area contributed by atoms with Crippen molar-refractivity contribution in [2.75, 3.05) is 20.2 Å². The third-order valence-electron chi connectivity index (χ3n) is 6.25. The van der Waals surface area contributed by atoms with Crippen LogP contribution in [-0.4, -0.2) is 45.0 Å². The lowest BCUT2D eigenvalue weighted by Crippen LogP contribution is -2.53. The van der Waals surface area contributed by atoms with Crippen molar-refractivity contribution >= 4 is 0 Å². The third kappa shape index (κ3) is 3.62. The van der Waals surface area contributed by atoms with Crippen molar-refractivity contribution < 1.29 is 9.47 Å². The highest BCUT2D eigenvalue weighted by atomic mass is 16.5. The first-order chi connectivity index (χ1) is 14.0. The molecule has 8 heteroatoms. The van der Waals surface area contributed by atoms with E-state index in [2.05, 4.69) is 22.1 Å². The van der Waals surface area contributed by atoms with Crippen LogP contribution in [0.1, 0.15) is 30.7 Å². The molecule has 0 bridgehead atoms. The number of hydrogen-bond donors (Lipinski definition) is 0. The molecule has 1 saturated heterocycles. The van der Waals surface area contributed by atoms with Gasteiger partial charge in [-0.25, -0.2) is 4.68 Å². The largest absolute Gasteiger partial charge is 0.497 e. The second kappa shape index (κ2) is 7.11. The van der Waals surface area contributed by atoms with Gasteiger partial charge in [0.2, 0.25) is 0 Å². The van der Waals surface area contributed by atoms with Crippen LogP contribution in [0.4, 0.5) is 0 Å². The van der Waals surface area contributed by atoms with E-state index in [9.17, 15) is 9.59 Å². The molecular weight excluding hydrogens is 372 g/mol. The zero-order valence-corrected chi connectivity index (χ0v) is 16.7. The summed E-state index contributed by atoms with van der Waals surface area (Å²) in [5, 5.41) is 4.43. The van der Waals surface area contributed by atoms with Crippen LogP contribution in [0.2, 0.25) is 0 Å². The lowest BCUT2D eigenvalue weighted by atomic mass is 10.0. The van der Waals surface area contributed by atoms with Gasteiger partial charge >= 0.3 is 11.1 Å². The number of hydrogen-bond acceptors (Lipinski definition) is 6. The number of likely N-dealkylation sites (tertiary alicyclic amines) is 1. The molecular formula is C21H26N4O4. The molecule has 1 saturated carbocycles. The van der Waals surface area contributed by atoms with Crippen LogP contribution >= 0.6 is 0 Å². The third-order valence-corrected chi connectivity index (χ3v) is 6.25. The Bertz CT molecular complexity index is 1020. The Morgan fingerprint density at radius 2 is 1.97 bits per heavy atom. The van der Waals surface area contributed by atoms with Gasteiger partial charge in [0.15, 0.2) is 5.82 Å². The second-order valence-corrected chi connectivity index (χ2v) is 8.52. The first kappa shape index (κ1) is 18.6. The molecule has 8 nitrogen and oxygen atoms in total. The predicted molar refractivity (Wildman–Crippen MR) is 106 cm³/mol. The number of benzene rings is 1. The SMILES string of the molecule is COc1ccc(CN2CC[C@]3(C2)Cn2c(nn(CC4CC4)c(=O)c2=O)CO3)cc1. The lowest BCUT2D eigenvalue weighted by molar-refractivity contribution is -0.0859. The number of aromatic nitrogens is 3. The second-order valence-electron chi connectivity index (χ2n) is 8.52. The minimum atomic E-state index is -0.509. The van der Waals surface area contributed by atoms with Gasteiger partial charge in [-0.05, 0) is 42.9 Å². The average molecular weight is 398 g/mol. The summed E-state index contributed by atoms with van der Waals surface area (Å²) in [6.45, 7) is 3.66. The Hall–Kier alpha value is -2.45. The molecule has 1 spiro atoms. The Morgan fingerprint density at radius 3 is 2.69 bits per heavy atom. The monoisotopic (exact) mass is 398 g/mol. The van der Waals surface area contributed by atoms with Crippen molar-refractivity contribution in [1.82, 2.24) is 19.2 Å². The summed E-state index contributed by atoms with van der Waals surface area (Å²) < 4.78 is 14.3. The van der Waals surface area contributed by atoms with E-state index in [1.165, 1.54) is 10.2 Å². The maximum Gasteiger partial charge on any atom is 0.332 e. The smallest absolute Gasteiger partial charge is 0.332 e. The van der Waals surface area contributed by atoms with Crippen LogP contribution in [-0.2, 0) is 31.0 Å². The summed E-state index contributed by atoms with van der Waals surface area (Å²) in [4.78, 5) is 27.5. The minimum Gasteiger partial charge on any atom is -0.497 e. The molecule has 2 aromatic rings. The van der Waals surface area contributed by atoms with E-state index >= 15 is 0 Å². The molecule has 3 heterocycles. The van der Waals surface area contributed by atoms with Gasteiger partial charge in [0.25, 0.3) is 0 Å². The molecule has 1 aromatic carbocycles. The van der Waals surface area contributed by atoms with E-state index in [-0.39, 0.29) is 6.61 Å². The number of nitrogens with zero attached hydrogens (tertiary/aromatic N) is 4. The molecule has 1 aromatic heterocycles. The maximum absolute atomic E-state index is 12.7. The Morgan fingerprint density at radius 1 is 1.17 bits per heavy atom. The Labute approximate surface area is 168 Å². The Balaban J connectivity index is 1.31. The molecule has 0 radical (unpaired) electrons. The molecule has 1 atom stereocenters. The van der Waals surface area contributed by atoms with Gasteiger partial charge < -0.3 is 9.47 Å². The van der Waals surface area contributed by atoms with Crippen molar-refractivity contribution in [3.8, 4) is 5.75 Å². The van der Waals surface area contributed by atoms with Gasteiger partial charge in [0.1, 0.15) is 18.0 Å². The molecule has 29 heavy (non-hydrogen) atoms. The maximum atomic E-state index is 12.7. The standard InChI is InChI=1S/C21H26N4O4/c1-28-17-6-4-15(5-7-17)10-23-9-8-21(13-23)14-24-18(12-29-21)22-25(11-16-2-3-16)20(27)19(24)26/h4-7,16H,2-3,8-14H2,1H3/t21-/m0/s1. The van der Waals surface area contributed by atoms with E-state index in [1.807, 2.05) is 12.1 Å². The molecule has 0 unspecified atom stereocenters. The van der Waals surface area contributed by atoms with Gasteiger partial charge in [0, 0.05) is 26.2 Å². The van der Waals surface area contributed by atoms with E-state index in [4.69, 9.17) is 9.47 Å². The first-order valence-electron chi connectivity index (χ1n) is 10.3. The summed E-state index contributed by atoms with van der Waals surface area (Å²) in [5.41, 5.74) is -0.196. The first-order valence-corrected chi connectivity index (χ1v) is 10.3. The molecule has 5 rings (SSSR count). The summed E-state index contributed by atoms with van der Waals surface area (Å²) in [7, 11) is 1.66. The number of fused-ring (bicyclic) bond motifs is 1. The van der Waals surface area contributed by atoms with Gasteiger partial charge in [0.05, 0.1) is 13.7 Å². The molecule has 0 N–H and O–H groups in total. The zero-order chi connectivity index (χ0) is 20.0. The van der Waals surface area contributed by atoms with E-state index < -0.39 is 16.7 Å². The summed E-state index contributed by atoms with van der Waals surface area (Å²) >= 11 is 0. The van der Waals surface area contributed by atoms with Crippen LogP contribution in [0.5, 0.6) is 5.75 Å². The minimum absolute atomic E-state index is 0.274. The normalized spacial score (nSPS) is 24.0. The van der Waals surface area contributed by atoms with Crippen molar-refractivity contribution in [3.63, 3.8) is 0 Å². The van der Waals surface area contributed by atoms with Crippen molar-refractivity contribution in [3.05, 3.63) is 56.4 Å². The fraction of sp³-hybridized carbons (Fsp3) is 0.571. The quantitative estimate of drug-likeness (QED) is 0.700. The van der Waals surface area contributed by atoms with Crippen LogP contribution in [0.25, 0.3) is 0 Å². The number of ether oxygens (including phenoxy) is 2. The zero-order valence-electron chi connectivity index (χ0n) is 16.7. The van der Waals surface area contributed by atoms with Crippen LogP contribution < -0.4 is 15.9 Å². The lowest BCUT2D eigenvalue weighted by Gasteiger charge is -2.35. The van der Waals surface area contributed by atoms with Crippen LogP contribution in [0.3, 0.4) is 0 Å². The molecule has 0 amide bonds. The highest BCUT2D eigenvalue weighted by Crippen LogP contribution is 2.32. The van der Waals surface area contributed by atoms with E-state index in [0.717, 1.165) is 44.6 Å². The van der Waals surface area contributed by atoms with Gasteiger partial charge in [-0.2, -0.15) is 5.10 Å². The van der Waals surface area contributed by atoms with Crippen molar-refractivity contribution in [2.45, 2.75) is 51.1 Å². The van der Waals surface area contributed by atoms with Gasteiger partial charge in [-0.15, -0.1) is 0 Å². The summed E-state index contributed by atoms with van der Waals surface area (Å²) in [6, 6.07) is 8.06. The fourth-order valence-corrected chi connectivity index (χ4v) is 4.37. The van der Waals surface area contributed by atoms with Crippen molar-refractivity contribution in [1.29, 1.82) is 0 Å². The average Bonchev–Trinajstić information content (AvgIpc) is 3.48. The molecule has 154 valence electrons. The summed E-state index contributed by atoms with van der Waals surface area (Å²) in [5.74, 6) is 1.90. The van der Waals surface area contributed by atoms with Crippen LogP contribution in [0.15, 0.2) is 33.9 Å². The molecule has 1 aliphatic carbocycles. The van der Waals surface area contributed by atoms with Gasteiger partial charge in [-0.1, -0.05) is 12.1 Å². The number of methoxy groups -OCH3 is 1. The van der Waals surface area contributed by atoms with E-state index in [1.54, 1.807) is 11.7 Å². The highest BCUT2D eigenvalue weighted by Gasteiger charge is 2.43. The fourth-order valence-electron chi connectivity index (χ4n) is 4.37. The molecule has 2 fully saturated rings. The highest BCUT2D eigenvalue weighted by molar-refractivity contribution is 5.27. The van der Waals surface area contributed by atoms with E-state index in [0.29, 0.717) is 24.8 Å². The predicted octanol–water partition coefficient (Wildman–Crippen LogP) is 0.998. The molecule has 3 aliphatic rings. The summed E-state index contributed by atoms with van der Waals surface area (Å²) in [6.07, 6.45) is 3.05.